The molecule has 0 aliphatic heterocycles. The van der Waals surface area contributed by atoms with Crippen molar-refractivity contribution >= 4 is 8.32 Å². The van der Waals surface area contributed by atoms with Crippen LogP contribution in [0, 0.1) is 22.7 Å². The van der Waals surface area contributed by atoms with Crippen LogP contribution < -0.4 is 0 Å². The molecular formula is C23H42OSi. The van der Waals surface area contributed by atoms with Gasteiger partial charge in [0.05, 0.1) is 0 Å². The van der Waals surface area contributed by atoms with E-state index >= 15 is 0 Å². The average molecular weight is 363 g/mol. The van der Waals surface area contributed by atoms with Gasteiger partial charge in [0, 0.05) is 6.61 Å². The zero-order chi connectivity index (χ0) is 18.9. The van der Waals surface area contributed by atoms with Crippen LogP contribution in [0.2, 0.25) is 19.6 Å². The molecule has 2 rings (SSSR count). The molecule has 25 heavy (non-hydrogen) atoms. The summed E-state index contributed by atoms with van der Waals surface area (Å²) in [6, 6.07) is 0. The fourth-order valence-electron chi connectivity index (χ4n) is 5.07. The lowest BCUT2D eigenvalue weighted by atomic mass is 9.52. The second kappa shape index (κ2) is 7.72. The van der Waals surface area contributed by atoms with E-state index in [1.54, 1.807) is 5.57 Å². The Hall–Kier alpha value is -0.343. The van der Waals surface area contributed by atoms with Crippen LogP contribution in [0.15, 0.2) is 23.8 Å². The summed E-state index contributed by atoms with van der Waals surface area (Å²) in [6.07, 6.45) is 11.7. The molecule has 0 unspecified atom stereocenters. The van der Waals surface area contributed by atoms with E-state index in [1.165, 1.54) is 50.5 Å². The predicted molar refractivity (Wildman–Crippen MR) is 113 cm³/mol. The van der Waals surface area contributed by atoms with Gasteiger partial charge in [-0.05, 0) is 87.8 Å². The summed E-state index contributed by atoms with van der Waals surface area (Å²) < 4.78 is 6.47. The lowest BCUT2D eigenvalue weighted by Crippen LogP contribution is -2.48. The fourth-order valence-corrected chi connectivity index (χ4v) is 5.82. The number of rotatable bonds is 7. The van der Waals surface area contributed by atoms with E-state index in [1.807, 2.05) is 0 Å². The lowest BCUT2D eigenvalue weighted by molar-refractivity contribution is 0.0121. The molecule has 0 N–H and O–H groups in total. The summed E-state index contributed by atoms with van der Waals surface area (Å²) in [5, 5.41) is 0. The second-order valence-corrected chi connectivity index (χ2v) is 15.0. The zero-order valence-electron chi connectivity index (χ0n) is 18.0. The number of allylic oxidation sites excluding steroid dienone is 3. The highest BCUT2D eigenvalue weighted by molar-refractivity contribution is 6.69. The van der Waals surface area contributed by atoms with Gasteiger partial charge in [-0.2, -0.15) is 0 Å². The van der Waals surface area contributed by atoms with Gasteiger partial charge in [0.15, 0.2) is 8.32 Å². The van der Waals surface area contributed by atoms with Gasteiger partial charge in [0.25, 0.3) is 0 Å². The maximum Gasteiger partial charge on any atom is 0.183 e. The number of hydrogen-bond acceptors (Lipinski definition) is 1. The van der Waals surface area contributed by atoms with Crippen molar-refractivity contribution in [2.24, 2.45) is 22.7 Å². The molecule has 144 valence electrons. The standard InChI is InChI=1S/C23H42OSi/c1-18(2)11-9-15-22(4)16-10-12-21-20(22)14-13-19(3)23(21,5)17-24-25(6,7)8/h14,19,21H,1,9-13,15-17H2,2-8H3/t19-,21-,22-,23-/m0/s1. The molecule has 0 spiro atoms. The molecule has 0 aromatic carbocycles. The lowest BCUT2D eigenvalue weighted by Gasteiger charge is -2.54. The number of hydrogen-bond donors (Lipinski definition) is 0. The van der Waals surface area contributed by atoms with Gasteiger partial charge < -0.3 is 4.43 Å². The summed E-state index contributed by atoms with van der Waals surface area (Å²) in [7, 11) is -1.47. The molecule has 0 aromatic heterocycles. The van der Waals surface area contributed by atoms with Crippen molar-refractivity contribution < 1.29 is 4.43 Å². The molecule has 2 heteroatoms. The van der Waals surface area contributed by atoms with Crippen LogP contribution in [0.3, 0.4) is 0 Å². The Morgan fingerprint density at radius 1 is 1.32 bits per heavy atom. The smallest absolute Gasteiger partial charge is 0.183 e. The van der Waals surface area contributed by atoms with E-state index < -0.39 is 8.32 Å². The molecule has 0 radical (unpaired) electrons. The van der Waals surface area contributed by atoms with Gasteiger partial charge in [-0.25, -0.2) is 0 Å². The molecule has 0 saturated heterocycles. The van der Waals surface area contributed by atoms with E-state index in [0.29, 0.717) is 10.8 Å². The van der Waals surface area contributed by atoms with E-state index in [0.717, 1.165) is 18.4 Å². The Balaban J connectivity index is 2.20. The molecule has 2 aliphatic rings. The SMILES string of the molecule is C=C(C)CCC[C@@]1(C)CCC[C@H]2C1=CC[C@H](C)[C@]2(C)CO[Si](C)(C)C. The average Bonchev–Trinajstić information content (AvgIpc) is 2.49. The van der Waals surface area contributed by atoms with Crippen LogP contribution in [0.25, 0.3) is 0 Å². The van der Waals surface area contributed by atoms with Crippen LogP contribution in [0.4, 0.5) is 0 Å². The van der Waals surface area contributed by atoms with Gasteiger partial charge in [0.2, 0.25) is 0 Å². The van der Waals surface area contributed by atoms with Gasteiger partial charge in [0.1, 0.15) is 0 Å². The molecule has 1 fully saturated rings. The van der Waals surface area contributed by atoms with Crippen LogP contribution in [0.1, 0.15) is 72.6 Å². The molecule has 0 aromatic rings. The van der Waals surface area contributed by atoms with E-state index in [4.69, 9.17) is 4.43 Å². The highest BCUT2D eigenvalue weighted by Crippen LogP contribution is 2.58. The topological polar surface area (TPSA) is 9.23 Å². The third-order valence-corrected chi connectivity index (χ3v) is 8.07. The molecule has 4 atom stereocenters. The van der Waals surface area contributed by atoms with Crippen LogP contribution in [-0.4, -0.2) is 14.9 Å². The first-order valence-electron chi connectivity index (χ1n) is 10.5. The van der Waals surface area contributed by atoms with Gasteiger partial charge in [-0.1, -0.05) is 44.4 Å². The van der Waals surface area contributed by atoms with Crippen molar-refractivity contribution in [2.75, 3.05) is 6.61 Å². The summed E-state index contributed by atoms with van der Waals surface area (Å²) in [4.78, 5) is 0. The van der Waals surface area contributed by atoms with Crippen LogP contribution in [0.5, 0.6) is 0 Å². The third-order valence-electron chi connectivity index (χ3n) is 7.06. The molecule has 0 bridgehead atoms. The second-order valence-electron chi connectivity index (χ2n) is 10.5. The van der Waals surface area contributed by atoms with Gasteiger partial charge >= 0.3 is 0 Å². The first-order valence-corrected chi connectivity index (χ1v) is 13.9. The highest BCUT2D eigenvalue weighted by atomic mass is 28.4. The Bertz CT molecular complexity index is 515. The molecule has 2 aliphatic carbocycles. The Kier molecular flexibility index (Phi) is 6.47. The van der Waals surface area contributed by atoms with Crippen molar-refractivity contribution in [3.05, 3.63) is 23.8 Å². The minimum atomic E-state index is -1.47. The van der Waals surface area contributed by atoms with E-state index in [-0.39, 0.29) is 0 Å². The number of fused-ring (bicyclic) bond motifs is 1. The summed E-state index contributed by atoms with van der Waals surface area (Å²) in [6.45, 7) is 21.7. The van der Waals surface area contributed by atoms with Crippen molar-refractivity contribution in [1.29, 1.82) is 0 Å². The minimum absolute atomic E-state index is 0.306. The maximum absolute atomic E-state index is 6.47. The van der Waals surface area contributed by atoms with Crippen molar-refractivity contribution in [1.82, 2.24) is 0 Å². The van der Waals surface area contributed by atoms with Crippen molar-refractivity contribution in [2.45, 2.75) is 92.3 Å². The van der Waals surface area contributed by atoms with Crippen LogP contribution in [-0.2, 0) is 4.43 Å². The quantitative estimate of drug-likeness (QED) is 0.339. The maximum atomic E-state index is 6.47. The molecular weight excluding hydrogens is 320 g/mol. The molecule has 1 nitrogen and oxygen atoms in total. The summed E-state index contributed by atoms with van der Waals surface area (Å²) in [5.74, 6) is 1.44. The summed E-state index contributed by atoms with van der Waals surface area (Å²) in [5.41, 5.74) is 3.81. The highest BCUT2D eigenvalue weighted by Gasteiger charge is 2.49. The molecule has 1 saturated carbocycles. The van der Waals surface area contributed by atoms with E-state index in [2.05, 4.69) is 60.0 Å². The first kappa shape index (κ1) is 21.0. The normalized spacial score (nSPS) is 35.9. The molecule has 0 heterocycles. The third kappa shape index (κ3) is 4.89. The predicted octanol–water partition coefficient (Wildman–Crippen LogP) is 7.36. The Morgan fingerprint density at radius 2 is 2.00 bits per heavy atom. The van der Waals surface area contributed by atoms with E-state index in [9.17, 15) is 0 Å². The summed E-state index contributed by atoms with van der Waals surface area (Å²) >= 11 is 0. The Labute approximate surface area is 158 Å². The first-order chi connectivity index (χ1) is 11.5. The Morgan fingerprint density at radius 3 is 2.60 bits per heavy atom. The van der Waals surface area contributed by atoms with Crippen molar-refractivity contribution in [3.8, 4) is 0 Å². The molecule has 0 amide bonds. The minimum Gasteiger partial charge on any atom is -0.417 e. The van der Waals surface area contributed by atoms with Crippen molar-refractivity contribution in [3.63, 3.8) is 0 Å². The monoisotopic (exact) mass is 362 g/mol. The fraction of sp³-hybridized carbons (Fsp3) is 0.826. The largest absolute Gasteiger partial charge is 0.417 e. The zero-order valence-corrected chi connectivity index (χ0v) is 19.0. The van der Waals surface area contributed by atoms with Gasteiger partial charge in [-0.15, -0.1) is 6.58 Å². The van der Waals surface area contributed by atoms with Gasteiger partial charge in [-0.3, -0.25) is 0 Å². The van der Waals surface area contributed by atoms with Crippen LogP contribution >= 0.6 is 0 Å².